The third kappa shape index (κ3) is 3.49. The number of hydrogen-bond acceptors (Lipinski definition) is 6. The van der Waals surface area contributed by atoms with Gasteiger partial charge in [-0.25, -0.2) is 28.7 Å². The number of fused-ring (bicyclic) bond motifs is 2. The molecule has 8 nitrogen and oxygen atoms in total. The number of rotatable bonds is 5. The normalized spacial score (nSPS) is 12.4. The van der Waals surface area contributed by atoms with Gasteiger partial charge in [0, 0.05) is 0 Å². The largest absolute Gasteiger partial charge is 0.358 e. The Labute approximate surface area is 186 Å². The maximum absolute atomic E-state index is 14.3. The number of anilines is 1. The Bertz CT molecular complexity index is 1560. The molecule has 1 atom stereocenters. The fourth-order valence-electron chi connectivity index (χ4n) is 3.91. The first-order chi connectivity index (χ1) is 16.0. The number of imidazole rings is 1. The van der Waals surface area contributed by atoms with E-state index in [4.69, 9.17) is 4.98 Å². The van der Waals surface area contributed by atoms with Crippen LogP contribution in [-0.4, -0.2) is 29.5 Å². The summed E-state index contributed by atoms with van der Waals surface area (Å²) in [7, 11) is 0. The summed E-state index contributed by atoms with van der Waals surface area (Å²) in [5, 5.41) is 3.45. The van der Waals surface area contributed by atoms with Gasteiger partial charge >= 0.3 is 0 Å². The summed E-state index contributed by atoms with van der Waals surface area (Å²) in [4.78, 5) is 33.9. The van der Waals surface area contributed by atoms with Gasteiger partial charge in [-0.05, 0) is 49.2 Å². The van der Waals surface area contributed by atoms with Gasteiger partial charge in [0.25, 0.3) is 5.56 Å². The second kappa shape index (κ2) is 8.05. The fraction of sp³-hybridized carbons (Fsp3) is 0.174. The van der Waals surface area contributed by atoms with Crippen molar-refractivity contribution >= 4 is 27.9 Å². The Morgan fingerprint density at radius 3 is 2.79 bits per heavy atom. The Balaban J connectivity index is 1.76. The van der Waals surface area contributed by atoms with Crippen molar-refractivity contribution in [2.45, 2.75) is 26.3 Å². The number of nitrogens with one attached hydrogen (secondary N) is 2. The van der Waals surface area contributed by atoms with Crippen LogP contribution >= 0.6 is 0 Å². The van der Waals surface area contributed by atoms with Gasteiger partial charge in [0.1, 0.15) is 29.3 Å². The van der Waals surface area contributed by atoms with Crippen molar-refractivity contribution in [1.82, 2.24) is 29.5 Å². The van der Waals surface area contributed by atoms with Gasteiger partial charge < -0.3 is 10.3 Å². The minimum Gasteiger partial charge on any atom is -0.358 e. The average molecular weight is 447 g/mol. The molecule has 0 radical (unpaired) electrons. The van der Waals surface area contributed by atoms with Crippen molar-refractivity contribution in [2.75, 3.05) is 5.32 Å². The molecule has 5 rings (SSSR count). The van der Waals surface area contributed by atoms with Crippen LogP contribution in [0.25, 0.3) is 27.8 Å². The molecule has 10 heteroatoms. The minimum atomic E-state index is -0.507. The fourth-order valence-corrected chi connectivity index (χ4v) is 3.91. The van der Waals surface area contributed by atoms with E-state index in [2.05, 4.69) is 25.3 Å². The molecule has 1 unspecified atom stereocenters. The lowest BCUT2D eigenvalue weighted by Gasteiger charge is -2.22. The predicted molar refractivity (Wildman–Crippen MR) is 120 cm³/mol. The van der Waals surface area contributed by atoms with Gasteiger partial charge in [-0.1, -0.05) is 13.0 Å². The van der Waals surface area contributed by atoms with Crippen molar-refractivity contribution in [3.05, 3.63) is 82.4 Å². The Kier molecular flexibility index (Phi) is 5.04. The summed E-state index contributed by atoms with van der Waals surface area (Å²) >= 11 is 0. The molecule has 0 spiro atoms. The van der Waals surface area contributed by atoms with Gasteiger partial charge in [0.05, 0.1) is 29.0 Å². The van der Waals surface area contributed by atoms with E-state index >= 15 is 0 Å². The van der Waals surface area contributed by atoms with E-state index in [1.54, 1.807) is 6.07 Å². The number of benzene rings is 2. The zero-order valence-corrected chi connectivity index (χ0v) is 17.8. The quantitative estimate of drug-likeness (QED) is 0.419. The van der Waals surface area contributed by atoms with Crippen LogP contribution in [0, 0.1) is 18.6 Å². The molecule has 166 valence electrons. The molecule has 0 saturated carbocycles. The monoisotopic (exact) mass is 447 g/mol. The van der Waals surface area contributed by atoms with Gasteiger partial charge in [-0.2, -0.15) is 0 Å². The highest BCUT2D eigenvalue weighted by atomic mass is 19.1. The van der Waals surface area contributed by atoms with Gasteiger partial charge in [-0.15, -0.1) is 0 Å². The molecule has 0 aliphatic heterocycles. The zero-order chi connectivity index (χ0) is 23.1. The lowest BCUT2D eigenvalue weighted by molar-refractivity contribution is 0.617. The van der Waals surface area contributed by atoms with Crippen molar-refractivity contribution in [3.8, 4) is 5.69 Å². The van der Waals surface area contributed by atoms with Crippen molar-refractivity contribution in [2.24, 2.45) is 0 Å². The first-order valence-electron chi connectivity index (χ1n) is 10.4. The number of hydrogen-bond donors (Lipinski definition) is 2. The van der Waals surface area contributed by atoms with Gasteiger partial charge in [0.15, 0.2) is 11.5 Å². The molecule has 0 aliphatic carbocycles. The predicted octanol–water partition coefficient (Wildman–Crippen LogP) is 4.20. The Hall–Kier alpha value is -4.21. The third-order valence-electron chi connectivity index (χ3n) is 5.58. The molecular weight excluding hydrogens is 428 g/mol. The van der Waals surface area contributed by atoms with Crippen LogP contribution < -0.4 is 10.9 Å². The highest BCUT2D eigenvalue weighted by Gasteiger charge is 2.23. The van der Waals surface area contributed by atoms with E-state index in [0.29, 0.717) is 40.4 Å². The lowest BCUT2D eigenvalue weighted by Crippen LogP contribution is -2.29. The van der Waals surface area contributed by atoms with Crippen LogP contribution in [0.15, 0.2) is 53.8 Å². The van der Waals surface area contributed by atoms with Crippen LogP contribution in [-0.2, 0) is 0 Å². The van der Waals surface area contributed by atoms with Crippen LogP contribution in [0.1, 0.15) is 30.8 Å². The van der Waals surface area contributed by atoms with E-state index < -0.39 is 23.2 Å². The number of halogens is 2. The van der Waals surface area contributed by atoms with Crippen molar-refractivity contribution < 1.29 is 8.78 Å². The number of aromatic amines is 1. The van der Waals surface area contributed by atoms with Crippen LogP contribution in [0.5, 0.6) is 0 Å². The molecule has 0 amide bonds. The van der Waals surface area contributed by atoms with E-state index in [1.807, 2.05) is 6.92 Å². The molecule has 0 bridgehead atoms. The van der Waals surface area contributed by atoms with E-state index in [-0.39, 0.29) is 10.9 Å². The topological polar surface area (TPSA) is 101 Å². The van der Waals surface area contributed by atoms with Crippen LogP contribution in [0.3, 0.4) is 0 Å². The Morgan fingerprint density at radius 1 is 1.15 bits per heavy atom. The number of nitrogens with zero attached hydrogens (tertiary/aromatic N) is 5. The Morgan fingerprint density at radius 2 is 2.00 bits per heavy atom. The molecule has 3 aromatic heterocycles. The van der Waals surface area contributed by atoms with Crippen molar-refractivity contribution in [1.29, 1.82) is 0 Å². The molecule has 2 aromatic carbocycles. The zero-order valence-electron chi connectivity index (χ0n) is 17.8. The summed E-state index contributed by atoms with van der Waals surface area (Å²) in [6, 6.07) is 7.93. The number of aryl methyl sites for hydroxylation is 1. The maximum atomic E-state index is 14.3. The molecule has 2 N–H and O–H groups in total. The molecule has 0 saturated heterocycles. The first kappa shape index (κ1) is 20.7. The second-order valence-electron chi connectivity index (χ2n) is 7.59. The maximum Gasteiger partial charge on any atom is 0.266 e. The molecule has 3 heterocycles. The van der Waals surface area contributed by atoms with E-state index in [9.17, 15) is 13.6 Å². The minimum absolute atomic E-state index is 0.149. The molecule has 5 aromatic rings. The van der Waals surface area contributed by atoms with Gasteiger partial charge in [0.2, 0.25) is 0 Å². The summed E-state index contributed by atoms with van der Waals surface area (Å²) in [6.45, 7) is 3.45. The van der Waals surface area contributed by atoms with Crippen LogP contribution in [0.4, 0.5) is 14.6 Å². The molecule has 0 aliphatic rings. The molecule has 33 heavy (non-hydrogen) atoms. The first-order valence-corrected chi connectivity index (χ1v) is 10.4. The van der Waals surface area contributed by atoms with Crippen molar-refractivity contribution in [3.63, 3.8) is 0 Å². The molecular formula is C23H19F2N7O. The second-order valence-corrected chi connectivity index (χ2v) is 7.59. The summed E-state index contributed by atoms with van der Waals surface area (Å²) in [6.07, 6.45) is 3.42. The third-order valence-corrected chi connectivity index (χ3v) is 5.58. The van der Waals surface area contributed by atoms with Crippen LogP contribution in [0.2, 0.25) is 0 Å². The summed E-state index contributed by atoms with van der Waals surface area (Å²) in [5.74, 6) is -0.178. The molecule has 0 fully saturated rings. The number of H-pyrrole nitrogens is 1. The lowest BCUT2D eigenvalue weighted by atomic mass is 10.1. The number of aromatic nitrogens is 6. The smallest absolute Gasteiger partial charge is 0.266 e. The summed E-state index contributed by atoms with van der Waals surface area (Å²) in [5.41, 5.74) is 1.46. The average Bonchev–Trinajstić information content (AvgIpc) is 3.29. The summed E-state index contributed by atoms with van der Waals surface area (Å²) < 4.78 is 29.7. The van der Waals surface area contributed by atoms with E-state index in [1.165, 1.54) is 54.5 Å². The SMILES string of the molecule is CCC(Nc1ncnc2nc[nH]c12)c1nc2ccc(F)c(C)c2c(=O)n1-c1cccc(F)c1. The highest BCUT2D eigenvalue weighted by molar-refractivity contribution is 5.83. The van der Waals surface area contributed by atoms with E-state index in [0.717, 1.165) is 0 Å². The van der Waals surface area contributed by atoms with Gasteiger partial charge in [-0.3, -0.25) is 9.36 Å². The highest BCUT2D eigenvalue weighted by Crippen LogP contribution is 2.27. The standard InChI is InChI=1S/C23H19F2N7O/c1-3-16(30-21-19-20(27-10-26-19)28-11-29-21)22-31-17-8-7-15(25)12(2)18(17)23(33)32(22)14-6-4-5-13(24)9-14/h4-11,16H,3H2,1-2H3,(H2,26,27,28,29,30).